The van der Waals surface area contributed by atoms with Crippen molar-refractivity contribution < 1.29 is 18.0 Å². The molecule has 22 heavy (non-hydrogen) atoms. The number of rotatable bonds is 4. The van der Waals surface area contributed by atoms with Gasteiger partial charge in [0.1, 0.15) is 0 Å². The maximum atomic E-state index is 12.1. The number of nitrogens with one attached hydrogen (secondary N) is 2. The van der Waals surface area contributed by atoms with E-state index in [0.29, 0.717) is 17.7 Å². The standard InChI is InChI=1S/C15H18N2O4S/c18-14(16-12-4-5-12)10-2-1-3-13(8-10)17-15(19)11-6-7-22(20,21)9-11/h1-3,8,11-12H,4-7,9H2,(H,16,18)(H,17,19)/t11-/m0/s1. The summed E-state index contributed by atoms with van der Waals surface area (Å²) in [6.45, 7) is 0. The van der Waals surface area contributed by atoms with Crippen molar-refractivity contribution in [2.45, 2.75) is 25.3 Å². The van der Waals surface area contributed by atoms with Gasteiger partial charge in [-0.3, -0.25) is 9.59 Å². The summed E-state index contributed by atoms with van der Waals surface area (Å²) in [7, 11) is -3.09. The number of carbonyl (C=O) groups is 2. The summed E-state index contributed by atoms with van der Waals surface area (Å²) in [6, 6.07) is 6.96. The van der Waals surface area contributed by atoms with Crippen LogP contribution in [0.5, 0.6) is 0 Å². The summed E-state index contributed by atoms with van der Waals surface area (Å²) in [5.41, 5.74) is 1.00. The Hall–Kier alpha value is -1.89. The lowest BCUT2D eigenvalue weighted by Crippen LogP contribution is -2.26. The van der Waals surface area contributed by atoms with Gasteiger partial charge in [0.2, 0.25) is 5.91 Å². The van der Waals surface area contributed by atoms with E-state index in [1.54, 1.807) is 24.3 Å². The zero-order valence-electron chi connectivity index (χ0n) is 12.0. The summed E-state index contributed by atoms with van der Waals surface area (Å²) in [5, 5.41) is 5.59. The van der Waals surface area contributed by atoms with Crippen LogP contribution in [0.25, 0.3) is 0 Å². The number of amides is 2. The fraction of sp³-hybridized carbons (Fsp3) is 0.467. The van der Waals surface area contributed by atoms with E-state index in [1.807, 2.05) is 0 Å². The van der Waals surface area contributed by atoms with Crippen molar-refractivity contribution >= 4 is 27.3 Å². The first-order valence-corrected chi connectivity index (χ1v) is 9.17. The molecular weight excluding hydrogens is 304 g/mol. The SMILES string of the molecule is O=C(NC1CC1)c1cccc(NC(=O)[C@H]2CCS(=O)(=O)C2)c1. The minimum Gasteiger partial charge on any atom is -0.349 e. The van der Waals surface area contributed by atoms with Crippen molar-refractivity contribution in [1.29, 1.82) is 0 Å². The van der Waals surface area contributed by atoms with Gasteiger partial charge in [0.25, 0.3) is 5.91 Å². The highest BCUT2D eigenvalue weighted by molar-refractivity contribution is 7.91. The summed E-state index contributed by atoms with van der Waals surface area (Å²) >= 11 is 0. The highest BCUT2D eigenvalue weighted by Gasteiger charge is 2.33. The molecule has 1 heterocycles. The quantitative estimate of drug-likeness (QED) is 0.863. The van der Waals surface area contributed by atoms with Gasteiger partial charge in [-0.05, 0) is 37.5 Å². The smallest absolute Gasteiger partial charge is 0.251 e. The molecule has 2 aliphatic rings. The molecule has 118 valence electrons. The predicted octanol–water partition coefficient (Wildman–Crippen LogP) is 0.952. The summed E-state index contributed by atoms with van der Waals surface area (Å²) in [5.74, 6) is -0.993. The molecule has 1 saturated carbocycles. The van der Waals surface area contributed by atoms with Crippen LogP contribution >= 0.6 is 0 Å². The number of benzene rings is 1. The van der Waals surface area contributed by atoms with Crippen LogP contribution in [0.15, 0.2) is 24.3 Å². The number of hydrogen-bond acceptors (Lipinski definition) is 4. The first-order valence-electron chi connectivity index (χ1n) is 7.35. The highest BCUT2D eigenvalue weighted by Crippen LogP contribution is 2.22. The van der Waals surface area contributed by atoms with Crippen LogP contribution in [-0.2, 0) is 14.6 Å². The Morgan fingerprint density at radius 3 is 2.55 bits per heavy atom. The number of sulfone groups is 1. The summed E-state index contributed by atoms with van der Waals surface area (Å²) in [4.78, 5) is 24.1. The third-order valence-corrected chi connectivity index (χ3v) is 5.68. The molecule has 7 heteroatoms. The zero-order valence-corrected chi connectivity index (χ0v) is 12.9. The van der Waals surface area contributed by atoms with Crippen LogP contribution in [0.2, 0.25) is 0 Å². The largest absolute Gasteiger partial charge is 0.349 e. The van der Waals surface area contributed by atoms with Crippen LogP contribution in [0.1, 0.15) is 29.6 Å². The van der Waals surface area contributed by atoms with E-state index in [1.165, 1.54) is 0 Å². The first kappa shape index (κ1) is 15.0. The van der Waals surface area contributed by atoms with Crippen molar-refractivity contribution in [3.05, 3.63) is 29.8 Å². The van der Waals surface area contributed by atoms with Gasteiger partial charge in [0.15, 0.2) is 9.84 Å². The second-order valence-corrected chi connectivity index (χ2v) is 8.15. The lowest BCUT2D eigenvalue weighted by molar-refractivity contribution is -0.119. The second-order valence-electron chi connectivity index (χ2n) is 5.92. The molecule has 2 amide bonds. The molecule has 2 N–H and O–H groups in total. The summed E-state index contributed by atoms with van der Waals surface area (Å²) in [6.07, 6.45) is 2.38. The fourth-order valence-corrected chi connectivity index (χ4v) is 4.22. The van der Waals surface area contributed by atoms with Gasteiger partial charge in [-0.2, -0.15) is 0 Å². The van der Waals surface area contributed by atoms with E-state index in [-0.39, 0.29) is 29.4 Å². The number of carbonyl (C=O) groups excluding carboxylic acids is 2. The van der Waals surface area contributed by atoms with E-state index in [0.717, 1.165) is 12.8 Å². The van der Waals surface area contributed by atoms with Crippen LogP contribution in [0, 0.1) is 5.92 Å². The maximum Gasteiger partial charge on any atom is 0.251 e. The number of hydrogen-bond donors (Lipinski definition) is 2. The molecule has 0 bridgehead atoms. The third-order valence-electron chi connectivity index (χ3n) is 3.91. The monoisotopic (exact) mass is 322 g/mol. The van der Waals surface area contributed by atoms with E-state index < -0.39 is 15.8 Å². The van der Waals surface area contributed by atoms with E-state index in [4.69, 9.17) is 0 Å². The predicted molar refractivity (Wildman–Crippen MR) is 82.3 cm³/mol. The average molecular weight is 322 g/mol. The Morgan fingerprint density at radius 2 is 1.91 bits per heavy atom. The van der Waals surface area contributed by atoms with Crippen molar-refractivity contribution in [2.75, 3.05) is 16.8 Å². The summed E-state index contributed by atoms with van der Waals surface area (Å²) < 4.78 is 22.8. The van der Waals surface area contributed by atoms with Gasteiger partial charge in [0.05, 0.1) is 17.4 Å². The molecular formula is C15H18N2O4S. The molecule has 2 fully saturated rings. The molecule has 1 aliphatic heterocycles. The minimum atomic E-state index is -3.09. The van der Waals surface area contributed by atoms with Gasteiger partial charge in [0, 0.05) is 17.3 Å². The van der Waals surface area contributed by atoms with Gasteiger partial charge in [-0.25, -0.2) is 8.42 Å². The topological polar surface area (TPSA) is 92.3 Å². The minimum absolute atomic E-state index is 0.0644. The Kier molecular flexibility index (Phi) is 3.90. The normalized spacial score (nSPS) is 23.0. The molecule has 1 saturated heterocycles. The molecule has 0 radical (unpaired) electrons. The van der Waals surface area contributed by atoms with Crippen LogP contribution in [0.4, 0.5) is 5.69 Å². The van der Waals surface area contributed by atoms with Gasteiger partial charge in [-0.1, -0.05) is 6.07 Å². The lowest BCUT2D eigenvalue weighted by atomic mass is 10.1. The van der Waals surface area contributed by atoms with Gasteiger partial charge in [-0.15, -0.1) is 0 Å². The van der Waals surface area contributed by atoms with Crippen molar-refractivity contribution in [1.82, 2.24) is 5.32 Å². The lowest BCUT2D eigenvalue weighted by Gasteiger charge is -2.10. The molecule has 0 aromatic heterocycles. The van der Waals surface area contributed by atoms with E-state index in [2.05, 4.69) is 10.6 Å². The van der Waals surface area contributed by atoms with Crippen molar-refractivity contribution in [3.8, 4) is 0 Å². The Morgan fingerprint density at radius 1 is 1.14 bits per heavy atom. The van der Waals surface area contributed by atoms with Crippen molar-refractivity contribution in [2.24, 2.45) is 5.92 Å². The zero-order chi connectivity index (χ0) is 15.7. The third kappa shape index (κ3) is 3.65. The molecule has 3 rings (SSSR count). The molecule has 1 atom stereocenters. The highest BCUT2D eigenvalue weighted by atomic mass is 32.2. The van der Waals surface area contributed by atoms with Crippen LogP contribution < -0.4 is 10.6 Å². The number of anilines is 1. The molecule has 1 aliphatic carbocycles. The van der Waals surface area contributed by atoms with E-state index >= 15 is 0 Å². The Labute approximate surface area is 129 Å². The fourth-order valence-electron chi connectivity index (χ4n) is 2.48. The molecule has 6 nitrogen and oxygen atoms in total. The Balaban J connectivity index is 1.64. The second kappa shape index (κ2) is 5.72. The molecule has 1 aromatic rings. The van der Waals surface area contributed by atoms with Crippen molar-refractivity contribution in [3.63, 3.8) is 0 Å². The molecule has 1 aromatic carbocycles. The van der Waals surface area contributed by atoms with Gasteiger partial charge < -0.3 is 10.6 Å². The Bertz CT molecular complexity index is 710. The van der Waals surface area contributed by atoms with E-state index in [9.17, 15) is 18.0 Å². The molecule has 0 unspecified atom stereocenters. The first-order chi connectivity index (χ1) is 10.4. The van der Waals surface area contributed by atoms with Crippen LogP contribution in [-0.4, -0.2) is 37.8 Å². The van der Waals surface area contributed by atoms with Crippen LogP contribution in [0.3, 0.4) is 0 Å². The molecule has 0 spiro atoms. The van der Waals surface area contributed by atoms with Gasteiger partial charge >= 0.3 is 0 Å². The maximum absolute atomic E-state index is 12.1. The average Bonchev–Trinajstić information content (AvgIpc) is 3.20.